The van der Waals surface area contributed by atoms with Crippen molar-refractivity contribution in [3.8, 4) is 0 Å². The molecule has 0 saturated carbocycles. The number of carbonyl (C=O) groups is 2. The number of imide groups is 1. The number of fused-ring (bicyclic) bond motifs is 1. The first-order chi connectivity index (χ1) is 17.0. The molecular weight excluding hydrogens is 478 g/mol. The van der Waals surface area contributed by atoms with Crippen molar-refractivity contribution in [3.05, 3.63) is 56.5 Å². The second kappa shape index (κ2) is 9.72. The minimum Gasteiger partial charge on any atom is -0.443 e. The molecule has 11 heteroatoms. The van der Waals surface area contributed by atoms with E-state index in [9.17, 15) is 19.2 Å². The summed E-state index contributed by atoms with van der Waals surface area (Å²) in [6.07, 6.45) is 1.66. The highest BCUT2D eigenvalue weighted by Crippen LogP contribution is 2.24. The predicted molar refractivity (Wildman–Crippen MR) is 142 cm³/mol. The molecule has 198 valence electrons. The third-order valence-corrected chi connectivity index (χ3v) is 5.22. The normalized spacial score (nSPS) is 12.2. The Bertz CT molecular complexity index is 1480. The topological polar surface area (TPSA) is 118 Å². The van der Waals surface area contributed by atoms with Crippen LogP contribution in [-0.4, -0.2) is 42.1 Å². The lowest BCUT2D eigenvalue weighted by atomic mass is 10.1. The van der Waals surface area contributed by atoms with Crippen molar-refractivity contribution in [2.45, 2.75) is 52.7 Å². The summed E-state index contributed by atoms with van der Waals surface area (Å²) in [7, 11) is 4.65. The molecule has 37 heavy (non-hydrogen) atoms. The molecule has 0 fully saturated rings. The summed E-state index contributed by atoms with van der Waals surface area (Å²) in [5.74, 6) is 0.440. The van der Waals surface area contributed by atoms with Crippen molar-refractivity contribution in [1.82, 2.24) is 18.7 Å². The number of rotatable bonds is 3. The van der Waals surface area contributed by atoms with Gasteiger partial charge in [-0.25, -0.2) is 19.4 Å². The lowest BCUT2D eigenvalue weighted by molar-refractivity contribution is 0.0430. The van der Waals surface area contributed by atoms with E-state index >= 15 is 0 Å². The maximum absolute atomic E-state index is 13.0. The summed E-state index contributed by atoms with van der Waals surface area (Å²) in [5.41, 5.74) is -1.11. The van der Waals surface area contributed by atoms with E-state index in [-0.39, 0.29) is 11.3 Å². The molecule has 0 unspecified atom stereocenters. The minimum atomic E-state index is -0.866. The quantitative estimate of drug-likeness (QED) is 0.525. The summed E-state index contributed by atoms with van der Waals surface area (Å²) in [5, 5.41) is 0. The Morgan fingerprint density at radius 1 is 0.865 bits per heavy atom. The van der Waals surface area contributed by atoms with Crippen LogP contribution in [0.15, 0.2) is 33.9 Å². The Morgan fingerprint density at radius 3 is 1.97 bits per heavy atom. The van der Waals surface area contributed by atoms with E-state index in [1.54, 1.807) is 96.6 Å². The van der Waals surface area contributed by atoms with Gasteiger partial charge in [-0.3, -0.25) is 13.9 Å². The zero-order valence-corrected chi connectivity index (χ0v) is 22.6. The standard InChI is InChI=1S/C26H33N5O6/c1-25(2,3)36-23(34)31(24(35)37-26(4,5)6)17-12-10-11-16(15-17)13-14-18-27-20-19(28(18)7)21(32)30(9)22(33)29(20)8/h10-15H,1-9H3/b14-13+. The van der Waals surface area contributed by atoms with Gasteiger partial charge >= 0.3 is 17.9 Å². The number of imidazole rings is 1. The van der Waals surface area contributed by atoms with Gasteiger partial charge in [-0.15, -0.1) is 0 Å². The van der Waals surface area contributed by atoms with Gasteiger partial charge in [0.05, 0.1) is 5.69 Å². The van der Waals surface area contributed by atoms with E-state index in [1.807, 2.05) is 0 Å². The molecule has 0 saturated heterocycles. The van der Waals surface area contributed by atoms with Gasteiger partial charge in [0.15, 0.2) is 11.2 Å². The van der Waals surface area contributed by atoms with Gasteiger partial charge in [0.25, 0.3) is 5.56 Å². The van der Waals surface area contributed by atoms with Crippen LogP contribution < -0.4 is 16.1 Å². The van der Waals surface area contributed by atoms with Gasteiger partial charge in [-0.05, 0) is 65.3 Å². The zero-order valence-electron chi connectivity index (χ0n) is 22.6. The Kier molecular flexibility index (Phi) is 7.21. The first kappa shape index (κ1) is 27.4. The molecule has 0 bridgehead atoms. The van der Waals surface area contributed by atoms with Crippen LogP contribution in [0.1, 0.15) is 52.9 Å². The molecule has 0 radical (unpaired) electrons. The monoisotopic (exact) mass is 511 g/mol. The molecule has 0 atom stereocenters. The van der Waals surface area contributed by atoms with Gasteiger partial charge in [-0.1, -0.05) is 18.2 Å². The first-order valence-electron chi connectivity index (χ1n) is 11.7. The Balaban J connectivity index is 2.03. The first-order valence-corrected chi connectivity index (χ1v) is 11.7. The van der Waals surface area contributed by atoms with Gasteiger partial charge in [-0.2, -0.15) is 4.90 Å². The Labute approximate surface area is 214 Å². The van der Waals surface area contributed by atoms with Crippen LogP contribution in [0.3, 0.4) is 0 Å². The van der Waals surface area contributed by atoms with Crippen LogP contribution in [-0.2, 0) is 30.6 Å². The van der Waals surface area contributed by atoms with E-state index in [4.69, 9.17) is 9.47 Å². The molecule has 0 N–H and O–H groups in total. The van der Waals surface area contributed by atoms with E-state index in [2.05, 4.69) is 4.98 Å². The number of ether oxygens (including phenoxy) is 2. The number of hydrogen-bond donors (Lipinski definition) is 0. The highest BCUT2D eigenvalue weighted by molar-refractivity contribution is 6.09. The van der Waals surface area contributed by atoms with E-state index in [0.29, 0.717) is 16.9 Å². The van der Waals surface area contributed by atoms with Gasteiger partial charge in [0.1, 0.15) is 17.0 Å². The summed E-state index contributed by atoms with van der Waals surface area (Å²) in [4.78, 5) is 56.1. The summed E-state index contributed by atoms with van der Waals surface area (Å²) in [6.45, 7) is 10.2. The fourth-order valence-electron chi connectivity index (χ4n) is 3.52. The maximum Gasteiger partial charge on any atom is 0.424 e. The van der Waals surface area contributed by atoms with E-state index in [1.165, 1.54) is 11.6 Å². The Morgan fingerprint density at radius 2 is 1.43 bits per heavy atom. The second-order valence-electron chi connectivity index (χ2n) is 10.6. The van der Waals surface area contributed by atoms with Gasteiger partial charge < -0.3 is 14.0 Å². The van der Waals surface area contributed by atoms with Crippen LogP contribution in [0.5, 0.6) is 0 Å². The molecule has 2 amide bonds. The predicted octanol–water partition coefficient (Wildman–Crippen LogP) is 3.82. The number of nitrogens with zero attached hydrogens (tertiary/aromatic N) is 5. The van der Waals surface area contributed by atoms with Crippen molar-refractivity contribution in [2.75, 3.05) is 4.90 Å². The molecule has 3 aromatic rings. The van der Waals surface area contributed by atoms with Crippen LogP contribution in [0.2, 0.25) is 0 Å². The SMILES string of the molecule is Cn1c(=O)c2c(nc(/C=C/c3cccc(N(C(=O)OC(C)(C)C)C(=O)OC(C)(C)C)c3)n2C)n(C)c1=O. The van der Waals surface area contributed by atoms with Crippen molar-refractivity contribution in [2.24, 2.45) is 21.1 Å². The number of benzene rings is 1. The van der Waals surface area contributed by atoms with Crippen molar-refractivity contribution < 1.29 is 19.1 Å². The van der Waals surface area contributed by atoms with Crippen LogP contribution in [0.25, 0.3) is 23.3 Å². The number of aryl methyl sites for hydroxylation is 2. The average molecular weight is 512 g/mol. The van der Waals surface area contributed by atoms with E-state index in [0.717, 1.165) is 9.47 Å². The van der Waals surface area contributed by atoms with Crippen molar-refractivity contribution in [1.29, 1.82) is 0 Å². The molecule has 2 heterocycles. The number of aromatic nitrogens is 4. The molecule has 1 aromatic carbocycles. The molecule has 11 nitrogen and oxygen atoms in total. The molecule has 2 aromatic heterocycles. The molecule has 0 aliphatic carbocycles. The van der Waals surface area contributed by atoms with Gasteiger partial charge in [0.2, 0.25) is 0 Å². The summed E-state index contributed by atoms with van der Waals surface area (Å²) < 4.78 is 14.8. The molecule has 0 aliphatic rings. The fourth-order valence-corrected chi connectivity index (χ4v) is 3.52. The van der Waals surface area contributed by atoms with Crippen LogP contribution in [0.4, 0.5) is 15.3 Å². The Hall–Kier alpha value is -4.15. The highest BCUT2D eigenvalue weighted by atomic mass is 16.6. The van der Waals surface area contributed by atoms with Gasteiger partial charge in [0, 0.05) is 21.1 Å². The second-order valence-corrected chi connectivity index (χ2v) is 10.6. The van der Waals surface area contributed by atoms with Crippen molar-refractivity contribution >= 4 is 41.2 Å². The van der Waals surface area contributed by atoms with Crippen molar-refractivity contribution in [3.63, 3.8) is 0 Å². The highest BCUT2D eigenvalue weighted by Gasteiger charge is 2.32. The lowest BCUT2D eigenvalue weighted by Gasteiger charge is -2.28. The largest absolute Gasteiger partial charge is 0.443 e. The third-order valence-electron chi connectivity index (χ3n) is 5.22. The zero-order chi connectivity index (χ0) is 27.9. The maximum atomic E-state index is 13.0. The van der Waals surface area contributed by atoms with E-state index < -0.39 is 34.6 Å². The number of carbonyl (C=O) groups excluding carboxylic acids is 2. The fraction of sp³-hybridized carbons (Fsp3) is 0.423. The molecule has 0 spiro atoms. The van der Waals surface area contributed by atoms with Crippen LogP contribution >= 0.6 is 0 Å². The average Bonchev–Trinajstić information content (AvgIpc) is 3.09. The molecular formula is C26H33N5O6. The molecule has 3 rings (SSSR count). The number of amides is 2. The molecule has 0 aliphatic heterocycles. The third kappa shape index (κ3) is 5.99. The summed E-state index contributed by atoms with van der Waals surface area (Å²) in [6, 6.07) is 6.69. The van der Waals surface area contributed by atoms with Crippen LogP contribution in [0, 0.1) is 0 Å². The lowest BCUT2D eigenvalue weighted by Crippen LogP contribution is -2.43. The summed E-state index contributed by atoms with van der Waals surface area (Å²) >= 11 is 0. The minimum absolute atomic E-state index is 0.256. The smallest absolute Gasteiger partial charge is 0.424 e. The number of anilines is 1. The number of hydrogen-bond acceptors (Lipinski definition) is 7.